The summed E-state index contributed by atoms with van der Waals surface area (Å²) in [6.45, 7) is 1.11. The fourth-order valence-electron chi connectivity index (χ4n) is 1.99. The van der Waals surface area contributed by atoms with Crippen LogP contribution < -0.4 is 15.8 Å². The van der Waals surface area contributed by atoms with Crippen molar-refractivity contribution in [1.82, 2.24) is 10.3 Å². The molecular weight excluding hydrogens is 369 g/mol. The van der Waals surface area contributed by atoms with Gasteiger partial charge in [-0.1, -0.05) is 12.1 Å². The summed E-state index contributed by atoms with van der Waals surface area (Å²) in [7, 11) is 1.79. The number of thiocarbonyl (C=S) groups is 1. The van der Waals surface area contributed by atoms with Gasteiger partial charge in [0.15, 0.2) is 5.11 Å². The number of nitrogens with two attached hydrogens (primary N) is 1. The monoisotopic (exact) mass is 386 g/mol. The predicted octanol–water partition coefficient (Wildman–Crippen LogP) is 2.94. The Hall–Kier alpha value is -2.59. The highest BCUT2D eigenvalue weighted by atomic mass is 32.1. The molecule has 0 saturated heterocycles. The van der Waals surface area contributed by atoms with Gasteiger partial charge in [0.1, 0.15) is 17.3 Å². The minimum Gasteiger partial charge on any atom is -0.455 e. The van der Waals surface area contributed by atoms with Crippen LogP contribution in [0.1, 0.15) is 5.76 Å². The zero-order valence-electron chi connectivity index (χ0n) is 13.8. The van der Waals surface area contributed by atoms with E-state index in [-0.39, 0.29) is 10.9 Å². The first-order valence-corrected chi connectivity index (χ1v) is 7.91. The minimum atomic E-state index is -4.75. The lowest BCUT2D eigenvalue weighted by Crippen LogP contribution is -2.35. The molecule has 6 nitrogen and oxygen atoms in total. The van der Waals surface area contributed by atoms with E-state index >= 15 is 0 Å². The van der Waals surface area contributed by atoms with E-state index in [1.54, 1.807) is 25.2 Å². The molecule has 1 aromatic heterocycles. The van der Waals surface area contributed by atoms with E-state index in [0.717, 1.165) is 0 Å². The van der Waals surface area contributed by atoms with Gasteiger partial charge >= 0.3 is 6.36 Å². The van der Waals surface area contributed by atoms with Gasteiger partial charge in [0, 0.05) is 12.1 Å². The Kier molecular flexibility index (Phi) is 6.58. The van der Waals surface area contributed by atoms with Crippen molar-refractivity contribution in [2.24, 2.45) is 10.8 Å². The standard InChI is InChI=1S/C16H17F3N4O2S/c1-21-7-8-23(15(20)26)22-10-13-5-6-14(24-13)11-3-2-4-12(9-11)25-16(17,18)19/h2-6,9-10,21H,7-8H2,1H3,(H2,20,26)/b22-10+. The molecule has 0 aliphatic rings. The van der Waals surface area contributed by atoms with Gasteiger partial charge in [0.25, 0.3) is 0 Å². The highest BCUT2D eigenvalue weighted by Gasteiger charge is 2.31. The number of benzene rings is 1. The molecule has 10 heteroatoms. The zero-order chi connectivity index (χ0) is 19.2. The number of hydrogen-bond acceptors (Lipinski definition) is 5. The largest absolute Gasteiger partial charge is 0.573 e. The van der Waals surface area contributed by atoms with E-state index in [1.165, 1.54) is 29.4 Å². The van der Waals surface area contributed by atoms with Gasteiger partial charge in [-0.15, -0.1) is 13.2 Å². The van der Waals surface area contributed by atoms with Crippen LogP contribution >= 0.6 is 12.2 Å². The molecule has 0 spiro atoms. The SMILES string of the molecule is CNCCN(/N=C/c1ccc(-c2cccc(OC(F)(F)F)c2)o1)C(N)=S. The Bertz CT molecular complexity index is 777. The Balaban J connectivity index is 2.13. The number of hydrazone groups is 1. The van der Waals surface area contributed by atoms with E-state index in [1.807, 2.05) is 0 Å². The van der Waals surface area contributed by atoms with Crippen LogP contribution in [-0.4, -0.2) is 42.8 Å². The molecule has 0 aliphatic carbocycles. The van der Waals surface area contributed by atoms with Crippen LogP contribution in [0.15, 0.2) is 45.9 Å². The summed E-state index contributed by atoms with van der Waals surface area (Å²) < 4.78 is 46.4. The number of alkyl halides is 3. The van der Waals surface area contributed by atoms with Crippen molar-refractivity contribution in [2.75, 3.05) is 20.1 Å². The summed E-state index contributed by atoms with van der Waals surface area (Å²) >= 11 is 4.91. The maximum atomic E-state index is 12.3. The summed E-state index contributed by atoms with van der Waals surface area (Å²) in [5.41, 5.74) is 6.02. The molecule has 0 aliphatic heterocycles. The van der Waals surface area contributed by atoms with Crippen LogP contribution in [0.25, 0.3) is 11.3 Å². The molecule has 0 radical (unpaired) electrons. The van der Waals surface area contributed by atoms with E-state index in [0.29, 0.717) is 30.2 Å². The first-order valence-electron chi connectivity index (χ1n) is 7.50. The zero-order valence-corrected chi connectivity index (χ0v) is 14.6. The lowest BCUT2D eigenvalue weighted by Gasteiger charge is -2.15. The molecule has 0 bridgehead atoms. The maximum Gasteiger partial charge on any atom is 0.573 e. The Morgan fingerprint density at radius 2 is 2.15 bits per heavy atom. The molecule has 0 saturated carbocycles. The summed E-state index contributed by atoms with van der Waals surface area (Å²) in [6.07, 6.45) is -3.33. The summed E-state index contributed by atoms with van der Waals surface area (Å²) in [4.78, 5) is 0. The number of rotatable bonds is 7. The second kappa shape index (κ2) is 8.68. The molecule has 0 unspecified atom stereocenters. The van der Waals surface area contributed by atoms with Crippen molar-refractivity contribution in [2.45, 2.75) is 6.36 Å². The molecule has 0 amide bonds. The van der Waals surface area contributed by atoms with Gasteiger partial charge in [-0.3, -0.25) is 0 Å². The summed E-state index contributed by atoms with van der Waals surface area (Å²) in [6, 6.07) is 8.75. The molecule has 1 heterocycles. The van der Waals surface area contributed by atoms with Crippen LogP contribution in [-0.2, 0) is 0 Å². The van der Waals surface area contributed by atoms with E-state index in [9.17, 15) is 13.2 Å². The molecule has 1 aromatic carbocycles. The van der Waals surface area contributed by atoms with Gasteiger partial charge in [0.05, 0.1) is 12.8 Å². The van der Waals surface area contributed by atoms with E-state index in [2.05, 4.69) is 15.2 Å². The highest BCUT2D eigenvalue weighted by Crippen LogP contribution is 2.28. The minimum absolute atomic E-state index is 0.111. The van der Waals surface area contributed by atoms with Crippen LogP contribution in [0.3, 0.4) is 0 Å². The first kappa shape index (κ1) is 19.7. The quantitative estimate of drug-likeness (QED) is 0.433. The van der Waals surface area contributed by atoms with Crippen molar-refractivity contribution >= 4 is 23.5 Å². The summed E-state index contributed by atoms with van der Waals surface area (Å²) in [5.74, 6) is 0.442. The smallest absolute Gasteiger partial charge is 0.455 e. The van der Waals surface area contributed by atoms with Crippen molar-refractivity contribution < 1.29 is 22.3 Å². The topological polar surface area (TPSA) is 76.0 Å². The number of nitrogens with one attached hydrogen (secondary N) is 1. The van der Waals surface area contributed by atoms with Crippen molar-refractivity contribution in [3.8, 4) is 17.1 Å². The molecule has 140 valence electrons. The first-order chi connectivity index (χ1) is 12.3. The number of hydrogen-bond donors (Lipinski definition) is 2. The van der Waals surface area contributed by atoms with Crippen molar-refractivity contribution in [3.63, 3.8) is 0 Å². The van der Waals surface area contributed by atoms with Crippen molar-refractivity contribution in [1.29, 1.82) is 0 Å². The van der Waals surface area contributed by atoms with E-state index in [4.69, 9.17) is 22.4 Å². The number of nitrogens with zero attached hydrogens (tertiary/aromatic N) is 2. The lowest BCUT2D eigenvalue weighted by molar-refractivity contribution is -0.274. The van der Waals surface area contributed by atoms with Gasteiger partial charge in [-0.2, -0.15) is 5.10 Å². The normalized spacial score (nSPS) is 11.7. The number of halogens is 3. The number of furan rings is 1. The Labute approximate surface area is 153 Å². The predicted molar refractivity (Wildman–Crippen MR) is 95.8 cm³/mol. The fraction of sp³-hybridized carbons (Fsp3) is 0.250. The third kappa shape index (κ3) is 6.05. The third-order valence-electron chi connectivity index (χ3n) is 3.13. The van der Waals surface area contributed by atoms with Crippen LogP contribution in [0.2, 0.25) is 0 Å². The molecule has 0 atom stereocenters. The van der Waals surface area contributed by atoms with E-state index < -0.39 is 6.36 Å². The Morgan fingerprint density at radius 3 is 2.81 bits per heavy atom. The van der Waals surface area contributed by atoms with Gasteiger partial charge < -0.3 is 20.2 Å². The lowest BCUT2D eigenvalue weighted by atomic mass is 10.2. The Morgan fingerprint density at radius 1 is 1.38 bits per heavy atom. The van der Waals surface area contributed by atoms with Gasteiger partial charge in [-0.05, 0) is 43.5 Å². The molecule has 0 fully saturated rings. The van der Waals surface area contributed by atoms with Crippen LogP contribution in [0, 0.1) is 0 Å². The van der Waals surface area contributed by atoms with Gasteiger partial charge in [0.2, 0.25) is 0 Å². The molecule has 2 rings (SSSR count). The summed E-state index contributed by atoms with van der Waals surface area (Å²) in [5, 5.41) is 8.62. The third-order valence-corrected chi connectivity index (χ3v) is 3.34. The highest BCUT2D eigenvalue weighted by molar-refractivity contribution is 7.80. The average molecular weight is 386 g/mol. The van der Waals surface area contributed by atoms with Crippen LogP contribution in [0.4, 0.5) is 13.2 Å². The van der Waals surface area contributed by atoms with Crippen LogP contribution in [0.5, 0.6) is 5.75 Å². The number of ether oxygens (including phenoxy) is 1. The second-order valence-corrected chi connectivity index (χ2v) is 5.51. The van der Waals surface area contributed by atoms with Crippen molar-refractivity contribution in [3.05, 3.63) is 42.2 Å². The fourth-order valence-corrected chi connectivity index (χ4v) is 2.13. The molecule has 26 heavy (non-hydrogen) atoms. The molecular formula is C16H17F3N4O2S. The maximum absolute atomic E-state index is 12.3. The molecule has 3 N–H and O–H groups in total. The number of likely N-dealkylation sites (N-methyl/N-ethyl adjacent to an activating group) is 1. The average Bonchev–Trinajstić information content (AvgIpc) is 3.02. The van der Waals surface area contributed by atoms with Gasteiger partial charge in [-0.25, -0.2) is 5.01 Å². The second-order valence-electron chi connectivity index (χ2n) is 5.09. The molecule has 2 aromatic rings.